The third-order valence-electron chi connectivity index (χ3n) is 4.00. The highest BCUT2D eigenvalue weighted by Gasteiger charge is 2.18. The molecule has 1 aromatic carbocycles. The average molecular weight is 287 g/mol. The zero-order valence-corrected chi connectivity index (χ0v) is 11.6. The van der Waals surface area contributed by atoms with Gasteiger partial charge in [-0.05, 0) is 30.9 Å². The average Bonchev–Trinajstić information content (AvgIpc) is 2.43. The van der Waals surface area contributed by atoms with Gasteiger partial charge in [0, 0.05) is 6.54 Å². The minimum atomic E-state index is -0.364. The van der Waals surface area contributed by atoms with Crippen LogP contribution in [0, 0.1) is 5.92 Å². The number of benzene rings is 1. The van der Waals surface area contributed by atoms with Crippen molar-refractivity contribution in [3.8, 4) is 0 Å². The van der Waals surface area contributed by atoms with Gasteiger partial charge in [0.25, 0.3) is 11.1 Å². The highest BCUT2D eigenvalue weighted by atomic mass is 16.2. The van der Waals surface area contributed by atoms with Crippen molar-refractivity contribution in [1.29, 1.82) is 0 Å². The Morgan fingerprint density at radius 1 is 1.24 bits per heavy atom. The lowest BCUT2D eigenvalue weighted by molar-refractivity contribution is -0.122. The van der Waals surface area contributed by atoms with Gasteiger partial charge in [0.05, 0.1) is 10.8 Å². The molecule has 0 radical (unpaired) electrons. The molecule has 0 spiro atoms. The highest BCUT2D eigenvalue weighted by molar-refractivity contribution is 5.81. The molecule has 3 rings (SSSR count). The number of aromatic amines is 1. The number of rotatable bonds is 4. The van der Waals surface area contributed by atoms with E-state index in [1.807, 2.05) is 0 Å². The van der Waals surface area contributed by atoms with Crippen LogP contribution in [0.25, 0.3) is 10.8 Å². The van der Waals surface area contributed by atoms with Crippen LogP contribution in [-0.2, 0) is 11.3 Å². The third kappa shape index (κ3) is 2.74. The van der Waals surface area contributed by atoms with E-state index in [9.17, 15) is 14.4 Å². The lowest BCUT2D eigenvalue weighted by atomic mass is 9.85. The van der Waals surface area contributed by atoms with Crippen molar-refractivity contribution < 1.29 is 4.79 Å². The normalized spacial score (nSPS) is 14.9. The molecule has 1 aliphatic carbocycles. The lowest BCUT2D eigenvalue weighted by Gasteiger charge is -2.25. The van der Waals surface area contributed by atoms with Crippen LogP contribution in [0.3, 0.4) is 0 Å². The molecule has 0 atom stereocenters. The molecule has 0 saturated heterocycles. The third-order valence-corrected chi connectivity index (χ3v) is 4.00. The van der Waals surface area contributed by atoms with Crippen LogP contribution in [0.2, 0.25) is 0 Å². The van der Waals surface area contributed by atoms with Crippen LogP contribution in [0.15, 0.2) is 33.9 Å². The molecule has 1 aliphatic rings. The van der Waals surface area contributed by atoms with E-state index in [4.69, 9.17) is 0 Å². The number of amides is 1. The topological polar surface area (TPSA) is 84.0 Å². The van der Waals surface area contributed by atoms with Crippen LogP contribution in [0.5, 0.6) is 0 Å². The van der Waals surface area contributed by atoms with Gasteiger partial charge in [-0.1, -0.05) is 18.6 Å². The van der Waals surface area contributed by atoms with Gasteiger partial charge in [0.2, 0.25) is 5.91 Å². The second kappa shape index (κ2) is 5.55. The SMILES string of the molecule is O=C(Cn1[nH]c(=O)c2ccccc2c1=O)NCC1CCC1. The first-order valence-electron chi connectivity index (χ1n) is 7.14. The first-order chi connectivity index (χ1) is 10.1. The van der Waals surface area contributed by atoms with Crippen molar-refractivity contribution in [3.63, 3.8) is 0 Å². The van der Waals surface area contributed by atoms with Gasteiger partial charge >= 0.3 is 0 Å². The monoisotopic (exact) mass is 287 g/mol. The molecule has 6 nitrogen and oxygen atoms in total. The van der Waals surface area contributed by atoms with Crippen molar-refractivity contribution in [3.05, 3.63) is 45.0 Å². The minimum absolute atomic E-state index is 0.161. The summed E-state index contributed by atoms with van der Waals surface area (Å²) >= 11 is 0. The molecular weight excluding hydrogens is 270 g/mol. The highest BCUT2D eigenvalue weighted by Crippen LogP contribution is 2.24. The number of carbonyl (C=O) groups is 1. The largest absolute Gasteiger partial charge is 0.354 e. The Hall–Kier alpha value is -2.37. The van der Waals surface area contributed by atoms with Crippen LogP contribution in [0.4, 0.5) is 0 Å². The van der Waals surface area contributed by atoms with E-state index < -0.39 is 0 Å². The molecule has 21 heavy (non-hydrogen) atoms. The van der Waals surface area contributed by atoms with E-state index in [1.54, 1.807) is 24.3 Å². The summed E-state index contributed by atoms with van der Waals surface area (Å²) in [6.45, 7) is 0.483. The summed E-state index contributed by atoms with van der Waals surface area (Å²) in [7, 11) is 0. The second-order valence-corrected chi connectivity index (χ2v) is 5.48. The molecule has 6 heteroatoms. The molecule has 0 bridgehead atoms. The fraction of sp³-hybridized carbons (Fsp3) is 0.400. The van der Waals surface area contributed by atoms with Gasteiger partial charge < -0.3 is 5.32 Å². The molecular formula is C15H17N3O3. The molecule has 1 heterocycles. The number of fused-ring (bicyclic) bond motifs is 1. The predicted octanol–water partition coefficient (Wildman–Crippen LogP) is 0.606. The number of H-pyrrole nitrogens is 1. The van der Waals surface area contributed by atoms with E-state index in [2.05, 4.69) is 10.4 Å². The summed E-state index contributed by atoms with van der Waals surface area (Å²) in [5.74, 6) is 0.302. The van der Waals surface area contributed by atoms with E-state index in [0.29, 0.717) is 23.2 Å². The number of hydrogen-bond donors (Lipinski definition) is 2. The zero-order chi connectivity index (χ0) is 14.8. The maximum absolute atomic E-state index is 12.2. The van der Waals surface area contributed by atoms with Gasteiger partial charge in [-0.15, -0.1) is 0 Å². The number of carbonyl (C=O) groups excluding carboxylic acids is 1. The molecule has 1 saturated carbocycles. The number of aromatic nitrogens is 2. The minimum Gasteiger partial charge on any atom is -0.354 e. The fourth-order valence-corrected chi connectivity index (χ4v) is 2.51. The smallest absolute Gasteiger partial charge is 0.273 e. The van der Waals surface area contributed by atoms with Crippen molar-refractivity contribution in [2.24, 2.45) is 5.92 Å². The summed E-state index contributed by atoms with van der Waals surface area (Å²) in [6.07, 6.45) is 3.51. The predicted molar refractivity (Wildman–Crippen MR) is 79.2 cm³/mol. The van der Waals surface area contributed by atoms with Crippen LogP contribution in [-0.4, -0.2) is 22.2 Å². The quantitative estimate of drug-likeness (QED) is 0.864. The van der Waals surface area contributed by atoms with Crippen molar-refractivity contribution in [2.75, 3.05) is 6.54 Å². The molecule has 1 aromatic heterocycles. The van der Waals surface area contributed by atoms with Gasteiger partial charge in [-0.2, -0.15) is 0 Å². The Labute approximate surface area is 120 Å². The van der Waals surface area contributed by atoms with Gasteiger partial charge in [0.1, 0.15) is 6.54 Å². The van der Waals surface area contributed by atoms with Crippen LogP contribution < -0.4 is 16.4 Å². The second-order valence-electron chi connectivity index (χ2n) is 5.48. The molecule has 1 fully saturated rings. The summed E-state index contributed by atoms with van der Waals surface area (Å²) in [4.78, 5) is 36.0. The zero-order valence-electron chi connectivity index (χ0n) is 11.6. The Kier molecular flexibility index (Phi) is 3.60. The first-order valence-corrected chi connectivity index (χ1v) is 7.14. The Morgan fingerprint density at radius 3 is 2.62 bits per heavy atom. The van der Waals surface area contributed by atoms with Crippen molar-refractivity contribution in [2.45, 2.75) is 25.8 Å². The molecule has 2 aromatic rings. The van der Waals surface area contributed by atoms with E-state index in [-0.39, 0.29) is 23.6 Å². The van der Waals surface area contributed by atoms with Gasteiger partial charge in [0.15, 0.2) is 0 Å². The fourth-order valence-electron chi connectivity index (χ4n) is 2.51. The van der Waals surface area contributed by atoms with E-state index in [0.717, 1.165) is 17.5 Å². The van der Waals surface area contributed by atoms with Crippen molar-refractivity contribution >= 4 is 16.7 Å². The maximum Gasteiger partial charge on any atom is 0.273 e. The molecule has 2 N–H and O–H groups in total. The Balaban J connectivity index is 1.80. The molecule has 0 aliphatic heterocycles. The van der Waals surface area contributed by atoms with Crippen molar-refractivity contribution in [1.82, 2.24) is 15.1 Å². The molecule has 110 valence electrons. The van der Waals surface area contributed by atoms with Crippen LogP contribution in [0.1, 0.15) is 19.3 Å². The Morgan fingerprint density at radius 2 is 1.95 bits per heavy atom. The van der Waals surface area contributed by atoms with E-state index >= 15 is 0 Å². The maximum atomic E-state index is 12.2. The van der Waals surface area contributed by atoms with Crippen LogP contribution >= 0.6 is 0 Å². The summed E-state index contributed by atoms with van der Waals surface area (Å²) < 4.78 is 1.07. The summed E-state index contributed by atoms with van der Waals surface area (Å²) in [5, 5.41) is 5.93. The van der Waals surface area contributed by atoms with Gasteiger partial charge in [-0.3, -0.25) is 19.5 Å². The number of nitrogens with zero attached hydrogens (tertiary/aromatic N) is 1. The van der Waals surface area contributed by atoms with E-state index in [1.165, 1.54) is 6.42 Å². The van der Waals surface area contributed by atoms with Gasteiger partial charge in [-0.25, -0.2) is 4.68 Å². The molecule has 1 amide bonds. The first kappa shape index (κ1) is 13.6. The number of hydrogen-bond acceptors (Lipinski definition) is 3. The lowest BCUT2D eigenvalue weighted by Crippen LogP contribution is -2.39. The summed E-state index contributed by atoms with van der Waals surface area (Å²) in [6, 6.07) is 6.59. The standard InChI is InChI=1S/C15H17N3O3/c19-13(16-8-10-4-3-5-10)9-18-15(21)12-7-2-1-6-11(12)14(20)17-18/h1-2,6-7,10H,3-5,8-9H2,(H,16,19)(H,17,20). The summed E-state index contributed by atoms with van der Waals surface area (Å²) in [5.41, 5.74) is -0.721. The Bertz CT molecular complexity index is 787. The molecule has 0 unspecified atom stereocenters. The number of nitrogens with one attached hydrogen (secondary N) is 2.